The molecule has 9 aromatic rings. The summed E-state index contributed by atoms with van der Waals surface area (Å²) in [4.78, 5) is 0. The number of hydrogen-bond acceptors (Lipinski definition) is 0. The van der Waals surface area contributed by atoms with E-state index >= 15 is 0 Å². The second kappa shape index (κ2) is 10.9. The number of hydrogen-bond donors (Lipinski definition) is 0. The van der Waals surface area contributed by atoms with Crippen molar-refractivity contribution < 1.29 is 39.8 Å². The van der Waals surface area contributed by atoms with Crippen molar-refractivity contribution in [2.75, 3.05) is 0 Å². The normalized spacial score (nSPS) is 20.3. The zero-order chi connectivity index (χ0) is 55.7. The molecule has 0 aliphatic rings. The molecule has 0 aliphatic heterocycles. The first-order chi connectivity index (χ1) is 34.9. The van der Waals surface area contributed by atoms with Crippen LogP contribution < -0.4 is 0 Å². The molecule has 0 saturated heterocycles. The highest BCUT2D eigenvalue weighted by Crippen LogP contribution is 2.47. The monoisotopic (exact) mass is 611 g/mol. The van der Waals surface area contributed by atoms with E-state index in [9.17, 15) is 13.7 Å². The van der Waals surface area contributed by atoms with Crippen LogP contribution in [0, 0.1) is 0 Å². The highest BCUT2D eigenvalue weighted by molar-refractivity contribution is 6.24. The molecule has 0 aromatic heterocycles. The molecule has 0 fully saturated rings. The van der Waals surface area contributed by atoms with Gasteiger partial charge in [0.1, 0.15) is 0 Å². The van der Waals surface area contributed by atoms with Gasteiger partial charge in [-0.2, -0.15) is 0 Å². The topological polar surface area (TPSA) is 0 Å². The third kappa shape index (κ3) is 4.30. The van der Waals surface area contributed by atoms with Crippen molar-refractivity contribution in [2.24, 2.45) is 0 Å². The molecule has 0 spiro atoms. The van der Waals surface area contributed by atoms with Crippen LogP contribution >= 0.6 is 0 Å². The summed E-state index contributed by atoms with van der Waals surface area (Å²) >= 11 is 0. The third-order valence-electron chi connectivity index (χ3n) is 7.33. The van der Waals surface area contributed by atoms with Crippen LogP contribution in [-0.2, 0) is 0 Å². The summed E-state index contributed by atoms with van der Waals surface area (Å²) in [6.07, 6.45) is 0. The summed E-state index contributed by atoms with van der Waals surface area (Å²) in [7, 11) is 0. The van der Waals surface area contributed by atoms with Gasteiger partial charge in [-0.15, -0.1) is 0 Å². The predicted octanol–water partition coefficient (Wildman–Crippen LogP) is 13.0. The van der Waals surface area contributed by atoms with Crippen molar-refractivity contribution in [3.8, 4) is 44.5 Å². The van der Waals surface area contributed by atoms with Crippen molar-refractivity contribution >= 4 is 43.1 Å². The molecule has 0 amide bonds. The first-order valence-electron chi connectivity index (χ1n) is 28.1. The Hall–Kier alpha value is -5.98. The smallest absolute Gasteiger partial charge is 0.0622 e. The van der Waals surface area contributed by atoms with Crippen LogP contribution in [0.1, 0.15) is 39.8 Å². The number of rotatable bonds is 4. The molecule has 9 rings (SSSR count). The van der Waals surface area contributed by atoms with Crippen molar-refractivity contribution in [1.29, 1.82) is 0 Å². The Balaban J connectivity index is 1.69. The van der Waals surface area contributed by atoms with Gasteiger partial charge in [-0.25, -0.2) is 0 Å². The van der Waals surface area contributed by atoms with E-state index < -0.39 is 263 Å². The molecule has 0 unspecified atom stereocenters. The fourth-order valence-electron chi connectivity index (χ4n) is 5.38. The second-order valence-electron chi connectivity index (χ2n) is 9.83. The van der Waals surface area contributed by atoms with Crippen molar-refractivity contribution in [1.82, 2.24) is 0 Å². The minimum Gasteiger partial charge on any atom is -0.0622 e. The summed E-state index contributed by atoms with van der Waals surface area (Å²) in [5.41, 5.74) is -6.61. The maximum atomic E-state index is 10.1. The quantitative estimate of drug-likeness (QED) is 0.174. The zero-order valence-corrected chi connectivity index (χ0v) is 23.1. The molecular weight excluding hydrogens is 553 g/mol. The highest BCUT2D eigenvalue weighted by atomic mass is 14.2. The molecule has 0 radical (unpaired) electrons. The van der Waals surface area contributed by atoms with Crippen LogP contribution in [0.3, 0.4) is 0 Å². The molecule has 0 heterocycles. The molecule has 0 heteroatoms. The van der Waals surface area contributed by atoms with Gasteiger partial charge in [0.25, 0.3) is 0 Å². The van der Waals surface area contributed by atoms with Gasteiger partial charge >= 0.3 is 0 Å². The van der Waals surface area contributed by atoms with Gasteiger partial charge in [-0.05, 0) is 99.7 Å². The summed E-state index contributed by atoms with van der Waals surface area (Å²) in [5.74, 6) is 0. The lowest BCUT2D eigenvalue weighted by molar-refractivity contribution is 1.62. The van der Waals surface area contributed by atoms with Crippen molar-refractivity contribution in [3.63, 3.8) is 0 Å². The molecule has 0 saturated carbocycles. The van der Waals surface area contributed by atoms with E-state index in [2.05, 4.69) is 0 Å². The zero-order valence-electron chi connectivity index (χ0n) is 52.1. The van der Waals surface area contributed by atoms with Crippen LogP contribution in [-0.4, -0.2) is 0 Å². The van der Waals surface area contributed by atoms with Crippen molar-refractivity contribution in [3.05, 3.63) is 181 Å². The summed E-state index contributed by atoms with van der Waals surface area (Å²) in [6, 6.07) is -27.2. The number of fused-ring (bicyclic) bond motifs is 4. The van der Waals surface area contributed by atoms with Gasteiger partial charge < -0.3 is 0 Å². The highest BCUT2D eigenvalue weighted by Gasteiger charge is 2.19. The maximum Gasteiger partial charge on any atom is 0.0636 e. The predicted molar refractivity (Wildman–Crippen MR) is 198 cm³/mol. The lowest BCUT2D eigenvalue weighted by Crippen LogP contribution is -1.93. The molecule has 0 aliphatic carbocycles. The van der Waals surface area contributed by atoms with Crippen LogP contribution in [0.15, 0.2) is 181 Å². The Labute approximate surface area is 309 Å². The Bertz CT molecular complexity index is 4170. The van der Waals surface area contributed by atoms with Gasteiger partial charge in [0.15, 0.2) is 0 Å². The van der Waals surface area contributed by atoms with E-state index in [1.807, 2.05) is 0 Å². The molecule has 0 atom stereocenters. The van der Waals surface area contributed by atoms with Crippen LogP contribution in [0.4, 0.5) is 0 Å². The SMILES string of the molecule is [2H]c1cc2c(-c3c4c([2H])c([2H])c([2H])c([2H])c4c(-c4c([2H])c([2H])c([2H])c(-c5c([2H])c([2H])c([2H])c6c([2H])c([2H])c([2H])c([2H])c56)c4[2H])c4c([2H])c([2H])c(-c5c([2H])c([2H])c([2H])c([2H])c5[2H])c([2H])c34)c([2H])c([2H])c([2H])c2c([2H])c1[2H]. The summed E-state index contributed by atoms with van der Waals surface area (Å²) < 4.78 is 261. The first-order valence-corrected chi connectivity index (χ1v) is 13.6. The van der Waals surface area contributed by atoms with E-state index in [4.69, 9.17) is 26.0 Å². The number of benzene rings is 9. The van der Waals surface area contributed by atoms with Crippen molar-refractivity contribution in [2.45, 2.75) is 0 Å². The average molecular weight is 612 g/mol. The summed E-state index contributed by atoms with van der Waals surface area (Å²) in [6.45, 7) is 0. The van der Waals surface area contributed by atoms with E-state index in [1.54, 1.807) is 0 Å². The van der Waals surface area contributed by atoms with E-state index in [1.165, 1.54) is 0 Å². The third-order valence-corrected chi connectivity index (χ3v) is 7.33. The molecule has 214 valence electrons. The lowest BCUT2D eigenvalue weighted by atomic mass is 9.83. The second-order valence-corrected chi connectivity index (χ2v) is 9.83. The van der Waals surface area contributed by atoms with Gasteiger partial charge in [0.2, 0.25) is 0 Å². The van der Waals surface area contributed by atoms with Crippen LogP contribution in [0.5, 0.6) is 0 Å². The Kier molecular flexibility index (Phi) is 2.43. The van der Waals surface area contributed by atoms with Gasteiger partial charge in [-0.1, -0.05) is 169 Å². The molecule has 0 nitrogen and oxygen atoms in total. The molecule has 0 bridgehead atoms. The molecule has 9 aromatic carbocycles. The molecule has 0 N–H and O–H groups in total. The Morgan fingerprint density at radius 2 is 0.848 bits per heavy atom. The Morgan fingerprint density at radius 1 is 0.283 bits per heavy atom. The van der Waals surface area contributed by atoms with E-state index in [0.29, 0.717) is 0 Å². The van der Waals surface area contributed by atoms with Gasteiger partial charge in [0.05, 0.1) is 39.8 Å². The van der Waals surface area contributed by atoms with Crippen LogP contribution in [0.25, 0.3) is 87.6 Å². The fraction of sp³-hybridized carbons (Fsp3) is 0. The Morgan fingerprint density at radius 3 is 1.67 bits per heavy atom. The average Bonchev–Trinajstić information content (AvgIpc) is 3.37. The van der Waals surface area contributed by atoms with E-state index in [-0.39, 0.29) is 0 Å². The lowest BCUT2D eigenvalue weighted by Gasteiger charge is -2.20. The van der Waals surface area contributed by atoms with E-state index in [0.717, 1.165) is 6.07 Å². The molecular formula is C46H30. The fourth-order valence-corrected chi connectivity index (χ4v) is 5.38. The maximum absolute atomic E-state index is 10.1. The largest absolute Gasteiger partial charge is 0.0636 e. The van der Waals surface area contributed by atoms with Crippen LogP contribution in [0.2, 0.25) is 0 Å². The minimum absolute atomic E-state index is 0.458. The van der Waals surface area contributed by atoms with Gasteiger partial charge in [0, 0.05) is 0 Å². The summed E-state index contributed by atoms with van der Waals surface area (Å²) in [5, 5.41) is -5.57. The van der Waals surface area contributed by atoms with Gasteiger partial charge in [-0.3, -0.25) is 0 Å². The first kappa shape index (κ1) is 10.3. The minimum atomic E-state index is -1.13. The standard InChI is InChI=1S/C46H30/c1-2-13-31(14-3-1)34-27-28-43-44(30-34)46(40-26-12-18-33-16-5-7-22-38(33)40)42-24-9-8-23-41(42)45(43)36-20-10-19-35(29-36)39-25-11-17-32-15-4-6-21-37(32)39/h1-30H/i1D,2D,3D,4D,5D,6D,7D,8D,9D,10D,11D,12D,13D,14D,15D,16D,17D,18D,19D,20D,21D,23D,24D,25D,26D,27D,28D,29D,30D. The molecule has 46 heavy (non-hydrogen) atoms.